The van der Waals surface area contributed by atoms with Crippen molar-refractivity contribution in [3.05, 3.63) is 81.5 Å². The molecule has 2 aromatic heterocycles. The van der Waals surface area contributed by atoms with Gasteiger partial charge in [0.15, 0.2) is 0 Å². The molecule has 2 N–H and O–H groups in total. The molecule has 34 heavy (non-hydrogen) atoms. The maximum absolute atomic E-state index is 12.9. The number of unbranched alkanes of at least 4 members (excludes halogenated alkanes) is 2. The molecule has 7 nitrogen and oxygen atoms in total. The van der Waals surface area contributed by atoms with E-state index >= 15 is 0 Å². The molecule has 2 aromatic carbocycles. The first kappa shape index (κ1) is 26.6. The topological polar surface area (TPSA) is 100 Å². The van der Waals surface area contributed by atoms with Crippen LogP contribution in [0.5, 0.6) is 0 Å². The molecule has 0 aliphatic carbocycles. The van der Waals surface area contributed by atoms with Crippen LogP contribution >= 0.6 is 0 Å². The second kappa shape index (κ2) is 13.2. The van der Waals surface area contributed by atoms with Crippen LogP contribution in [0.25, 0.3) is 22.5 Å². The fourth-order valence-electron chi connectivity index (χ4n) is 4.00. The van der Waals surface area contributed by atoms with Gasteiger partial charge in [-0.15, -0.1) is 10.2 Å². The standard InChI is InChI=1S/C26H30N6O.K/c1-3-5-11-23-22(26(33)28-24(27-23)12-6-4-2)17-18-13-15-19(16-14-18)20-9-7-8-10-21(20)25-29-31-32-30-25;/h7-10,13-16H,3-6,11-12,17H2,1-2H3,(H,27,28,33)(H,29,30,31,32);. The molecule has 8 heteroatoms. The van der Waals surface area contributed by atoms with Crippen molar-refractivity contribution in [1.29, 1.82) is 0 Å². The summed E-state index contributed by atoms with van der Waals surface area (Å²) in [7, 11) is 0. The summed E-state index contributed by atoms with van der Waals surface area (Å²) in [6.45, 7) is 4.31. The van der Waals surface area contributed by atoms with Crippen molar-refractivity contribution in [1.82, 2.24) is 30.6 Å². The van der Waals surface area contributed by atoms with Gasteiger partial charge in [0.1, 0.15) is 5.82 Å². The minimum absolute atomic E-state index is 0. The zero-order chi connectivity index (χ0) is 23.0. The minimum atomic E-state index is -0.00580. The number of tetrazole rings is 1. The predicted octanol–water partition coefficient (Wildman–Crippen LogP) is 4.51. The molecule has 0 atom stereocenters. The Hall–Kier alpha value is -1.97. The molecule has 0 saturated heterocycles. The molecule has 0 unspecified atom stereocenters. The van der Waals surface area contributed by atoms with Gasteiger partial charge in [0.25, 0.3) is 5.56 Å². The summed E-state index contributed by atoms with van der Waals surface area (Å²) in [5.74, 6) is 1.38. The number of H-pyrrole nitrogens is 2. The maximum atomic E-state index is 12.9. The van der Waals surface area contributed by atoms with E-state index in [0.29, 0.717) is 12.2 Å². The molecular weight excluding hydrogens is 451 g/mol. The number of rotatable bonds is 10. The number of aromatic nitrogens is 6. The monoisotopic (exact) mass is 481 g/mol. The molecule has 0 aliphatic rings. The van der Waals surface area contributed by atoms with Crippen LogP contribution < -0.4 is 5.56 Å². The molecule has 1 radical (unpaired) electrons. The van der Waals surface area contributed by atoms with E-state index in [1.807, 2.05) is 24.3 Å². The Balaban J connectivity index is 0.00000324. The van der Waals surface area contributed by atoms with Crippen LogP contribution in [0.1, 0.15) is 62.2 Å². The largest absolute Gasteiger partial charge is 0.310 e. The number of aryl methyl sites for hydroxylation is 2. The first-order valence-electron chi connectivity index (χ1n) is 11.7. The van der Waals surface area contributed by atoms with Gasteiger partial charge in [-0.2, -0.15) is 5.21 Å². The second-order valence-electron chi connectivity index (χ2n) is 8.30. The molecule has 0 amide bonds. The Kier molecular flexibility index (Phi) is 10.3. The van der Waals surface area contributed by atoms with Gasteiger partial charge < -0.3 is 4.98 Å². The van der Waals surface area contributed by atoms with E-state index in [2.05, 4.69) is 63.7 Å². The molecule has 4 rings (SSSR count). The van der Waals surface area contributed by atoms with Crippen LogP contribution in [-0.4, -0.2) is 82.0 Å². The normalized spacial score (nSPS) is 10.8. The zero-order valence-electron chi connectivity index (χ0n) is 20.3. The Morgan fingerprint density at radius 2 is 1.59 bits per heavy atom. The fraction of sp³-hybridized carbons (Fsp3) is 0.346. The molecule has 0 spiro atoms. The molecular formula is C26H30KN6O. The number of nitrogens with zero attached hydrogens (tertiary/aromatic N) is 4. The number of hydrogen-bond donors (Lipinski definition) is 2. The van der Waals surface area contributed by atoms with Crippen LogP contribution in [0.15, 0.2) is 53.3 Å². The van der Waals surface area contributed by atoms with Crippen molar-refractivity contribution in [3.63, 3.8) is 0 Å². The van der Waals surface area contributed by atoms with Gasteiger partial charge in [0.05, 0.1) is 5.69 Å². The Bertz CT molecular complexity index is 1240. The molecule has 0 saturated carbocycles. The summed E-state index contributed by atoms with van der Waals surface area (Å²) in [5, 5.41) is 14.4. The molecule has 0 fully saturated rings. The van der Waals surface area contributed by atoms with Gasteiger partial charge in [-0.05, 0) is 41.2 Å². The van der Waals surface area contributed by atoms with Crippen molar-refractivity contribution in [3.8, 4) is 22.5 Å². The summed E-state index contributed by atoms with van der Waals surface area (Å²) >= 11 is 0. The predicted molar refractivity (Wildman–Crippen MR) is 136 cm³/mol. The van der Waals surface area contributed by atoms with Gasteiger partial charge in [-0.1, -0.05) is 75.2 Å². The van der Waals surface area contributed by atoms with Gasteiger partial charge in [0.2, 0.25) is 5.82 Å². The average molecular weight is 482 g/mol. The Morgan fingerprint density at radius 1 is 0.882 bits per heavy atom. The fourth-order valence-corrected chi connectivity index (χ4v) is 4.00. The molecule has 4 aromatic rings. The summed E-state index contributed by atoms with van der Waals surface area (Å²) in [5.41, 5.74) is 5.82. The van der Waals surface area contributed by atoms with E-state index in [1.165, 1.54) is 0 Å². The van der Waals surface area contributed by atoms with Crippen LogP contribution in [0.4, 0.5) is 0 Å². The second-order valence-corrected chi connectivity index (χ2v) is 8.30. The van der Waals surface area contributed by atoms with Crippen molar-refractivity contribution >= 4 is 51.4 Å². The van der Waals surface area contributed by atoms with E-state index in [-0.39, 0.29) is 56.9 Å². The van der Waals surface area contributed by atoms with Crippen LogP contribution in [0.2, 0.25) is 0 Å². The number of benzene rings is 2. The van der Waals surface area contributed by atoms with E-state index < -0.39 is 0 Å². The van der Waals surface area contributed by atoms with Gasteiger partial charge in [-0.3, -0.25) is 4.79 Å². The van der Waals surface area contributed by atoms with Crippen LogP contribution in [0.3, 0.4) is 0 Å². The summed E-state index contributed by atoms with van der Waals surface area (Å²) in [6, 6.07) is 16.3. The minimum Gasteiger partial charge on any atom is -0.310 e. The third-order valence-corrected chi connectivity index (χ3v) is 5.84. The molecule has 171 valence electrons. The van der Waals surface area contributed by atoms with Crippen molar-refractivity contribution < 1.29 is 0 Å². The summed E-state index contributed by atoms with van der Waals surface area (Å²) in [6.07, 6.45) is 6.45. The zero-order valence-corrected chi connectivity index (χ0v) is 23.4. The molecule has 0 bridgehead atoms. The smallest absolute Gasteiger partial charge is 0.254 e. The van der Waals surface area contributed by atoms with Gasteiger partial charge in [0, 0.05) is 75.4 Å². The number of nitrogens with one attached hydrogen (secondary N) is 2. The quantitative estimate of drug-likeness (QED) is 0.325. The first-order valence-corrected chi connectivity index (χ1v) is 11.7. The summed E-state index contributed by atoms with van der Waals surface area (Å²) < 4.78 is 0. The Morgan fingerprint density at radius 3 is 2.26 bits per heavy atom. The number of hydrogen-bond acceptors (Lipinski definition) is 5. The third-order valence-electron chi connectivity index (χ3n) is 5.84. The SMILES string of the molecule is CCCCc1nc(CCCC)c(Cc2ccc(-c3ccccc3-c3nn[nH]n3)cc2)c(=O)[nH]1.[K]. The van der Waals surface area contributed by atoms with Crippen LogP contribution in [0, 0.1) is 0 Å². The number of aromatic amines is 2. The van der Waals surface area contributed by atoms with E-state index in [0.717, 1.165) is 77.9 Å². The van der Waals surface area contributed by atoms with Crippen molar-refractivity contribution in [2.75, 3.05) is 0 Å². The maximum Gasteiger partial charge on any atom is 0.254 e. The first-order chi connectivity index (χ1) is 16.2. The van der Waals surface area contributed by atoms with Crippen LogP contribution in [-0.2, 0) is 19.3 Å². The molecule has 0 aliphatic heterocycles. The van der Waals surface area contributed by atoms with E-state index in [1.54, 1.807) is 0 Å². The van der Waals surface area contributed by atoms with Crippen molar-refractivity contribution in [2.24, 2.45) is 0 Å². The summed E-state index contributed by atoms with van der Waals surface area (Å²) in [4.78, 5) is 20.8. The average Bonchev–Trinajstić information content (AvgIpc) is 3.38. The van der Waals surface area contributed by atoms with E-state index in [9.17, 15) is 4.79 Å². The van der Waals surface area contributed by atoms with E-state index in [4.69, 9.17) is 4.98 Å². The molecule has 2 heterocycles. The van der Waals surface area contributed by atoms with Gasteiger partial charge >= 0.3 is 0 Å². The Labute approximate surface area is 242 Å². The third kappa shape index (κ3) is 6.58. The van der Waals surface area contributed by atoms with Crippen molar-refractivity contribution in [2.45, 2.75) is 58.8 Å². The van der Waals surface area contributed by atoms with Gasteiger partial charge in [-0.25, -0.2) is 4.98 Å².